The Morgan fingerprint density at radius 2 is 2.14 bits per heavy atom. The molecule has 0 saturated carbocycles. The van der Waals surface area contributed by atoms with E-state index in [4.69, 9.17) is 10.5 Å². The second kappa shape index (κ2) is 5.24. The number of aromatic nitrogens is 3. The second-order valence-corrected chi connectivity index (χ2v) is 4.49. The topological polar surface area (TPSA) is 82.5 Å². The fourth-order valence-corrected chi connectivity index (χ4v) is 2.11. The molecule has 6 nitrogen and oxygen atoms in total. The molecule has 106 valence electrons. The van der Waals surface area contributed by atoms with E-state index in [0.717, 1.165) is 11.1 Å². The average molecular weight is 282 g/mol. The molecule has 0 aliphatic rings. The van der Waals surface area contributed by atoms with Crippen LogP contribution in [0.15, 0.2) is 42.6 Å². The standard InChI is InChI=1S/C15H14N4O2/c1-2-21-14(20)11-5-3-4-10(8-11)12-6-7-13-17-15(16)18-19(13)9-12/h3-9H,2H2,1H3,(H2,16,18). The zero-order valence-electron chi connectivity index (χ0n) is 11.5. The van der Waals surface area contributed by atoms with Crippen molar-refractivity contribution in [2.24, 2.45) is 0 Å². The van der Waals surface area contributed by atoms with Crippen LogP contribution in [0.25, 0.3) is 16.8 Å². The highest BCUT2D eigenvalue weighted by molar-refractivity contribution is 5.91. The molecular formula is C15H14N4O2. The van der Waals surface area contributed by atoms with Crippen LogP contribution in [0.3, 0.4) is 0 Å². The summed E-state index contributed by atoms with van der Waals surface area (Å²) in [5.41, 5.74) is 8.59. The van der Waals surface area contributed by atoms with Gasteiger partial charge < -0.3 is 10.5 Å². The summed E-state index contributed by atoms with van der Waals surface area (Å²) in [4.78, 5) is 15.9. The first-order valence-corrected chi connectivity index (χ1v) is 6.57. The summed E-state index contributed by atoms with van der Waals surface area (Å²) in [7, 11) is 0. The second-order valence-electron chi connectivity index (χ2n) is 4.49. The third-order valence-corrected chi connectivity index (χ3v) is 3.05. The van der Waals surface area contributed by atoms with E-state index in [2.05, 4.69) is 10.1 Å². The van der Waals surface area contributed by atoms with Crippen molar-refractivity contribution in [3.8, 4) is 11.1 Å². The molecule has 2 aromatic heterocycles. The highest BCUT2D eigenvalue weighted by Gasteiger charge is 2.08. The monoisotopic (exact) mass is 282 g/mol. The summed E-state index contributed by atoms with van der Waals surface area (Å²) in [5.74, 6) is -0.0992. The highest BCUT2D eigenvalue weighted by atomic mass is 16.5. The number of pyridine rings is 1. The van der Waals surface area contributed by atoms with Gasteiger partial charge >= 0.3 is 5.97 Å². The normalized spacial score (nSPS) is 10.7. The Kier molecular flexibility index (Phi) is 3.27. The number of nitrogens with zero attached hydrogens (tertiary/aromatic N) is 3. The van der Waals surface area contributed by atoms with Gasteiger partial charge in [0.1, 0.15) is 0 Å². The van der Waals surface area contributed by atoms with Crippen LogP contribution in [-0.4, -0.2) is 27.2 Å². The maximum atomic E-state index is 11.8. The lowest BCUT2D eigenvalue weighted by Gasteiger charge is -2.05. The molecule has 0 amide bonds. The van der Waals surface area contributed by atoms with E-state index in [1.807, 2.05) is 30.5 Å². The van der Waals surface area contributed by atoms with E-state index in [1.165, 1.54) is 0 Å². The smallest absolute Gasteiger partial charge is 0.338 e. The molecule has 0 aliphatic carbocycles. The van der Waals surface area contributed by atoms with Crippen molar-refractivity contribution in [1.82, 2.24) is 14.6 Å². The number of nitrogen functional groups attached to an aromatic ring is 1. The van der Waals surface area contributed by atoms with Gasteiger partial charge in [0.2, 0.25) is 5.95 Å². The minimum absolute atomic E-state index is 0.229. The summed E-state index contributed by atoms with van der Waals surface area (Å²) in [6, 6.07) is 11.0. The molecule has 0 spiro atoms. The van der Waals surface area contributed by atoms with Gasteiger partial charge in [-0.3, -0.25) is 0 Å². The van der Waals surface area contributed by atoms with Crippen LogP contribution in [0.2, 0.25) is 0 Å². The Hall–Kier alpha value is -2.89. The molecular weight excluding hydrogens is 268 g/mol. The largest absolute Gasteiger partial charge is 0.462 e. The lowest BCUT2D eigenvalue weighted by Crippen LogP contribution is -2.04. The van der Waals surface area contributed by atoms with E-state index >= 15 is 0 Å². The number of esters is 1. The van der Waals surface area contributed by atoms with E-state index in [1.54, 1.807) is 23.6 Å². The zero-order valence-corrected chi connectivity index (χ0v) is 11.5. The van der Waals surface area contributed by atoms with Crippen molar-refractivity contribution < 1.29 is 9.53 Å². The Morgan fingerprint density at radius 3 is 2.95 bits per heavy atom. The summed E-state index contributed by atoms with van der Waals surface area (Å²) < 4.78 is 6.62. The molecule has 0 saturated heterocycles. The number of fused-ring (bicyclic) bond motifs is 1. The third kappa shape index (κ3) is 2.55. The number of hydrogen-bond acceptors (Lipinski definition) is 5. The number of benzene rings is 1. The average Bonchev–Trinajstić information content (AvgIpc) is 2.86. The lowest BCUT2D eigenvalue weighted by atomic mass is 10.0. The SMILES string of the molecule is CCOC(=O)c1cccc(-c2ccc3nc(N)nn3c2)c1. The zero-order chi connectivity index (χ0) is 14.8. The number of nitrogens with two attached hydrogens (primary N) is 1. The van der Waals surface area contributed by atoms with Crippen LogP contribution in [0.1, 0.15) is 17.3 Å². The van der Waals surface area contributed by atoms with E-state index in [9.17, 15) is 4.79 Å². The van der Waals surface area contributed by atoms with Crippen LogP contribution in [0.5, 0.6) is 0 Å². The van der Waals surface area contributed by atoms with Gasteiger partial charge in [0.05, 0.1) is 12.2 Å². The predicted octanol–water partition coefficient (Wildman–Crippen LogP) is 2.16. The van der Waals surface area contributed by atoms with Gasteiger partial charge in [-0.2, -0.15) is 4.98 Å². The molecule has 0 bridgehead atoms. The van der Waals surface area contributed by atoms with E-state index in [0.29, 0.717) is 17.8 Å². The number of anilines is 1. The van der Waals surface area contributed by atoms with Gasteiger partial charge in [0, 0.05) is 11.8 Å². The molecule has 21 heavy (non-hydrogen) atoms. The van der Waals surface area contributed by atoms with Gasteiger partial charge in [-0.15, -0.1) is 5.10 Å². The molecule has 1 aromatic carbocycles. The summed E-state index contributed by atoms with van der Waals surface area (Å²) >= 11 is 0. The van der Waals surface area contributed by atoms with Crippen LogP contribution in [0.4, 0.5) is 5.95 Å². The minimum Gasteiger partial charge on any atom is -0.462 e. The van der Waals surface area contributed by atoms with E-state index < -0.39 is 0 Å². The third-order valence-electron chi connectivity index (χ3n) is 3.05. The highest BCUT2D eigenvalue weighted by Crippen LogP contribution is 2.21. The van der Waals surface area contributed by atoms with Crippen molar-refractivity contribution in [3.05, 3.63) is 48.2 Å². The maximum absolute atomic E-state index is 11.8. The molecule has 3 rings (SSSR count). The van der Waals surface area contributed by atoms with Gasteiger partial charge in [-0.1, -0.05) is 12.1 Å². The van der Waals surface area contributed by atoms with Crippen molar-refractivity contribution in [2.45, 2.75) is 6.92 Å². The number of ether oxygens (including phenoxy) is 1. The van der Waals surface area contributed by atoms with Gasteiger partial charge in [0.25, 0.3) is 0 Å². The van der Waals surface area contributed by atoms with E-state index in [-0.39, 0.29) is 11.9 Å². The molecule has 6 heteroatoms. The number of rotatable bonds is 3. The first kappa shape index (κ1) is 13.1. The predicted molar refractivity (Wildman–Crippen MR) is 78.8 cm³/mol. The van der Waals surface area contributed by atoms with Crippen molar-refractivity contribution in [1.29, 1.82) is 0 Å². The van der Waals surface area contributed by atoms with Crippen LogP contribution in [-0.2, 0) is 4.74 Å². The molecule has 2 N–H and O–H groups in total. The maximum Gasteiger partial charge on any atom is 0.338 e. The quantitative estimate of drug-likeness (QED) is 0.744. The Labute approximate surface area is 121 Å². The number of carbonyl (C=O) groups is 1. The lowest BCUT2D eigenvalue weighted by molar-refractivity contribution is 0.0526. The fraction of sp³-hybridized carbons (Fsp3) is 0.133. The molecule has 0 radical (unpaired) electrons. The molecule has 3 aromatic rings. The van der Waals surface area contributed by atoms with Crippen molar-refractivity contribution >= 4 is 17.6 Å². The van der Waals surface area contributed by atoms with Gasteiger partial charge in [-0.25, -0.2) is 9.31 Å². The molecule has 0 aliphatic heterocycles. The van der Waals surface area contributed by atoms with Crippen LogP contribution >= 0.6 is 0 Å². The molecule has 0 atom stereocenters. The molecule has 0 fully saturated rings. The Bertz CT molecular complexity index is 810. The van der Waals surface area contributed by atoms with Gasteiger partial charge in [0.15, 0.2) is 5.65 Å². The summed E-state index contributed by atoms with van der Waals surface area (Å²) in [6.07, 6.45) is 1.82. The van der Waals surface area contributed by atoms with Gasteiger partial charge in [-0.05, 0) is 36.8 Å². The van der Waals surface area contributed by atoms with Crippen molar-refractivity contribution in [2.75, 3.05) is 12.3 Å². The summed E-state index contributed by atoms with van der Waals surface area (Å²) in [5, 5.41) is 4.08. The summed E-state index contributed by atoms with van der Waals surface area (Å²) in [6.45, 7) is 2.14. The number of carbonyl (C=O) groups excluding carboxylic acids is 1. The first-order chi connectivity index (χ1) is 10.2. The Morgan fingerprint density at radius 1 is 1.29 bits per heavy atom. The van der Waals surface area contributed by atoms with Crippen LogP contribution in [0, 0.1) is 0 Å². The fourth-order valence-electron chi connectivity index (χ4n) is 2.11. The minimum atomic E-state index is -0.328. The number of hydrogen-bond donors (Lipinski definition) is 1. The Balaban J connectivity index is 2.01. The molecule has 2 heterocycles. The first-order valence-electron chi connectivity index (χ1n) is 6.57. The van der Waals surface area contributed by atoms with Crippen molar-refractivity contribution in [3.63, 3.8) is 0 Å². The molecule has 0 unspecified atom stereocenters. The van der Waals surface area contributed by atoms with Crippen LogP contribution < -0.4 is 5.73 Å².